The molecule has 1 aromatic heterocycles. The van der Waals surface area contributed by atoms with Crippen molar-refractivity contribution < 1.29 is 0 Å². The lowest BCUT2D eigenvalue weighted by atomic mass is 10.1. The Morgan fingerprint density at radius 1 is 1.43 bits per heavy atom. The van der Waals surface area contributed by atoms with Gasteiger partial charge in [-0.05, 0) is 25.6 Å². The van der Waals surface area contributed by atoms with Gasteiger partial charge in [-0.2, -0.15) is 5.10 Å². The number of fused-ring (bicyclic) bond motifs is 1. The van der Waals surface area contributed by atoms with Crippen molar-refractivity contribution in [1.82, 2.24) is 15.5 Å². The van der Waals surface area contributed by atoms with Crippen LogP contribution in [0.1, 0.15) is 11.3 Å². The Morgan fingerprint density at radius 3 is 3.07 bits per heavy atom. The summed E-state index contributed by atoms with van der Waals surface area (Å²) < 4.78 is 0. The third kappa shape index (κ3) is 1.51. The third-order valence-corrected chi connectivity index (χ3v) is 2.49. The monoisotopic (exact) mass is 189 g/mol. The summed E-state index contributed by atoms with van der Waals surface area (Å²) in [5, 5.41) is 11.8. The van der Waals surface area contributed by atoms with Crippen LogP contribution in [0.3, 0.4) is 0 Å². The first-order valence-electron chi connectivity index (χ1n) is 4.90. The van der Waals surface area contributed by atoms with Gasteiger partial charge in [0.25, 0.3) is 0 Å². The normalized spacial score (nSPS) is 11.0. The van der Waals surface area contributed by atoms with E-state index in [0.29, 0.717) is 0 Å². The molecule has 0 amide bonds. The molecule has 14 heavy (non-hydrogen) atoms. The Hall–Kier alpha value is -1.35. The van der Waals surface area contributed by atoms with E-state index in [1.54, 1.807) is 0 Å². The topological polar surface area (TPSA) is 40.7 Å². The van der Waals surface area contributed by atoms with Gasteiger partial charge in [-0.3, -0.25) is 5.10 Å². The van der Waals surface area contributed by atoms with E-state index in [1.807, 2.05) is 19.2 Å². The van der Waals surface area contributed by atoms with Gasteiger partial charge >= 0.3 is 0 Å². The molecule has 3 nitrogen and oxygen atoms in total. The summed E-state index contributed by atoms with van der Waals surface area (Å²) in [7, 11) is 1.96. The van der Waals surface area contributed by atoms with Gasteiger partial charge in [0, 0.05) is 24.0 Å². The van der Waals surface area contributed by atoms with E-state index in [4.69, 9.17) is 0 Å². The molecule has 0 unspecified atom stereocenters. The molecule has 0 spiro atoms. The predicted molar refractivity (Wildman–Crippen MR) is 58.5 cm³/mol. The second kappa shape index (κ2) is 3.80. The first kappa shape index (κ1) is 9.21. The van der Waals surface area contributed by atoms with E-state index in [-0.39, 0.29) is 0 Å². The number of rotatable bonds is 3. The average Bonchev–Trinajstić information content (AvgIpc) is 2.59. The Labute approximate surface area is 83.5 Å². The maximum Gasteiger partial charge on any atom is 0.0926 e. The highest BCUT2D eigenvalue weighted by molar-refractivity contribution is 5.84. The summed E-state index contributed by atoms with van der Waals surface area (Å²) in [5.41, 5.74) is 3.59. The molecule has 0 aliphatic rings. The SMILES string of the molecule is CNCCc1[nH]nc2cccc(C)c12. The lowest BCUT2D eigenvalue weighted by Crippen LogP contribution is -2.10. The summed E-state index contributed by atoms with van der Waals surface area (Å²) >= 11 is 0. The molecule has 0 fully saturated rings. The van der Waals surface area contributed by atoms with Crippen LogP contribution < -0.4 is 5.32 Å². The van der Waals surface area contributed by atoms with Gasteiger partial charge in [-0.15, -0.1) is 0 Å². The molecule has 2 aromatic rings. The number of hydrogen-bond donors (Lipinski definition) is 2. The van der Waals surface area contributed by atoms with Gasteiger partial charge < -0.3 is 5.32 Å². The van der Waals surface area contributed by atoms with Gasteiger partial charge in [-0.1, -0.05) is 12.1 Å². The standard InChI is InChI=1S/C11H15N3/c1-8-4-3-5-9-11(8)10(14-13-9)6-7-12-2/h3-5,12H,6-7H2,1-2H3,(H,13,14). The fourth-order valence-corrected chi connectivity index (χ4v) is 1.75. The largest absolute Gasteiger partial charge is 0.319 e. The molecule has 0 aliphatic carbocycles. The van der Waals surface area contributed by atoms with E-state index in [9.17, 15) is 0 Å². The van der Waals surface area contributed by atoms with E-state index >= 15 is 0 Å². The fraction of sp³-hybridized carbons (Fsp3) is 0.364. The molecule has 0 saturated heterocycles. The van der Waals surface area contributed by atoms with Crippen molar-refractivity contribution in [3.05, 3.63) is 29.5 Å². The van der Waals surface area contributed by atoms with E-state index in [1.165, 1.54) is 16.6 Å². The summed E-state index contributed by atoms with van der Waals surface area (Å²) in [6.07, 6.45) is 0.998. The number of hydrogen-bond acceptors (Lipinski definition) is 2. The van der Waals surface area contributed by atoms with Crippen molar-refractivity contribution in [1.29, 1.82) is 0 Å². The lowest BCUT2D eigenvalue weighted by Gasteiger charge is -1.99. The molecule has 2 rings (SSSR count). The zero-order valence-corrected chi connectivity index (χ0v) is 8.59. The van der Waals surface area contributed by atoms with Crippen LogP contribution in [0.25, 0.3) is 10.9 Å². The van der Waals surface area contributed by atoms with Crippen LogP contribution in [0.4, 0.5) is 0 Å². The predicted octanol–water partition coefficient (Wildman–Crippen LogP) is 1.63. The van der Waals surface area contributed by atoms with E-state index in [2.05, 4.69) is 28.5 Å². The first-order valence-corrected chi connectivity index (χ1v) is 4.90. The summed E-state index contributed by atoms with van der Waals surface area (Å²) in [6.45, 7) is 3.10. The molecule has 0 bridgehead atoms. The summed E-state index contributed by atoms with van der Waals surface area (Å²) in [4.78, 5) is 0. The maximum atomic E-state index is 4.28. The van der Waals surface area contributed by atoms with Crippen molar-refractivity contribution >= 4 is 10.9 Å². The zero-order chi connectivity index (χ0) is 9.97. The van der Waals surface area contributed by atoms with Gasteiger partial charge in [0.2, 0.25) is 0 Å². The number of aryl methyl sites for hydroxylation is 1. The molecule has 1 heterocycles. The van der Waals surface area contributed by atoms with Crippen molar-refractivity contribution in [2.45, 2.75) is 13.3 Å². The minimum absolute atomic E-state index is 0.978. The van der Waals surface area contributed by atoms with E-state index < -0.39 is 0 Å². The van der Waals surface area contributed by atoms with Crippen LogP contribution in [0.2, 0.25) is 0 Å². The smallest absolute Gasteiger partial charge is 0.0926 e. The van der Waals surface area contributed by atoms with Crippen LogP contribution in [-0.2, 0) is 6.42 Å². The number of H-pyrrole nitrogens is 1. The molecule has 0 aliphatic heterocycles. The number of aromatic nitrogens is 2. The number of nitrogens with zero attached hydrogens (tertiary/aromatic N) is 1. The average molecular weight is 189 g/mol. The van der Waals surface area contributed by atoms with Crippen LogP contribution in [0, 0.1) is 6.92 Å². The number of likely N-dealkylation sites (N-methyl/N-ethyl adjacent to an activating group) is 1. The molecule has 3 heteroatoms. The zero-order valence-electron chi connectivity index (χ0n) is 8.59. The number of nitrogens with one attached hydrogen (secondary N) is 2. The number of aromatic amines is 1. The third-order valence-electron chi connectivity index (χ3n) is 2.49. The minimum atomic E-state index is 0.978. The highest BCUT2D eigenvalue weighted by Gasteiger charge is 2.06. The van der Waals surface area contributed by atoms with Gasteiger partial charge in [0.15, 0.2) is 0 Å². The second-order valence-corrected chi connectivity index (χ2v) is 3.52. The molecule has 1 aromatic carbocycles. The van der Waals surface area contributed by atoms with Crippen molar-refractivity contribution in [2.75, 3.05) is 13.6 Å². The van der Waals surface area contributed by atoms with Crippen LogP contribution in [0.15, 0.2) is 18.2 Å². The molecule has 2 N–H and O–H groups in total. The van der Waals surface area contributed by atoms with Crippen molar-refractivity contribution in [2.24, 2.45) is 0 Å². The van der Waals surface area contributed by atoms with E-state index in [0.717, 1.165) is 18.5 Å². The summed E-state index contributed by atoms with van der Waals surface area (Å²) in [6, 6.07) is 6.21. The van der Waals surface area contributed by atoms with Gasteiger partial charge in [0.05, 0.1) is 5.52 Å². The molecular formula is C11H15N3. The van der Waals surface area contributed by atoms with Gasteiger partial charge in [0.1, 0.15) is 0 Å². The Morgan fingerprint density at radius 2 is 2.29 bits per heavy atom. The molecular weight excluding hydrogens is 174 g/mol. The molecule has 0 radical (unpaired) electrons. The maximum absolute atomic E-state index is 4.28. The quantitative estimate of drug-likeness (QED) is 0.770. The highest BCUT2D eigenvalue weighted by atomic mass is 15.1. The van der Waals surface area contributed by atoms with Crippen molar-refractivity contribution in [3.63, 3.8) is 0 Å². The molecule has 0 saturated carbocycles. The van der Waals surface area contributed by atoms with Crippen LogP contribution >= 0.6 is 0 Å². The second-order valence-electron chi connectivity index (χ2n) is 3.52. The number of benzene rings is 1. The molecule has 0 atom stereocenters. The highest BCUT2D eigenvalue weighted by Crippen LogP contribution is 2.19. The lowest BCUT2D eigenvalue weighted by molar-refractivity contribution is 0.775. The summed E-state index contributed by atoms with van der Waals surface area (Å²) in [5.74, 6) is 0. The van der Waals surface area contributed by atoms with Crippen LogP contribution in [0.5, 0.6) is 0 Å². The Balaban J connectivity index is 2.45. The van der Waals surface area contributed by atoms with Crippen LogP contribution in [-0.4, -0.2) is 23.8 Å². The Bertz CT molecular complexity index is 431. The molecule has 74 valence electrons. The van der Waals surface area contributed by atoms with Gasteiger partial charge in [-0.25, -0.2) is 0 Å². The first-order chi connectivity index (χ1) is 6.83. The Kier molecular flexibility index (Phi) is 2.50. The minimum Gasteiger partial charge on any atom is -0.319 e. The van der Waals surface area contributed by atoms with Crippen molar-refractivity contribution in [3.8, 4) is 0 Å². The fourth-order valence-electron chi connectivity index (χ4n) is 1.75.